The number of hydrogen-bond acceptors (Lipinski definition) is 3. The Bertz CT molecular complexity index is 140. The van der Waals surface area contributed by atoms with E-state index in [4.69, 9.17) is 10.00 Å². The molecule has 0 aromatic rings. The third kappa shape index (κ3) is 11.4. The van der Waals surface area contributed by atoms with Gasteiger partial charge in [-0.3, -0.25) is 0 Å². The summed E-state index contributed by atoms with van der Waals surface area (Å²) in [4.78, 5) is 0. The van der Waals surface area contributed by atoms with Gasteiger partial charge in [-0.25, -0.2) is 0 Å². The summed E-state index contributed by atoms with van der Waals surface area (Å²) in [5.41, 5.74) is 0. The Hall–Kier alpha value is -0.590. The van der Waals surface area contributed by atoms with Gasteiger partial charge in [-0.2, -0.15) is 5.26 Å². The summed E-state index contributed by atoms with van der Waals surface area (Å²) >= 11 is 0. The average Bonchev–Trinajstić information content (AvgIpc) is 2.09. The number of rotatable bonds is 8. The minimum atomic E-state index is 0.339. The molecule has 0 saturated heterocycles. The Labute approximate surface area is 81.1 Å². The van der Waals surface area contributed by atoms with Crippen LogP contribution in [0.2, 0.25) is 0 Å². The fourth-order valence-electron chi connectivity index (χ4n) is 0.940. The van der Waals surface area contributed by atoms with Crippen molar-refractivity contribution in [2.45, 2.75) is 39.2 Å². The molecule has 0 rings (SSSR count). The van der Waals surface area contributed by atoms with Crippen LogP contribution in [0.3, 0.4) is 0 Å². The first-order valence-corrected chi connectivity index (χ1v) is 4.96. The molecule has 3 nitrogen and oxygen atoms in total. The van der Waals surface area contributed by atoms with Gasteiger partial charge in [0.2, 0.25) is 0 Å². The van der Waals surface area contributed by atoms with E-state index in [1.807, 2.05) is 13.8 Å². The van der Waals surface area contributed by atoms with Crippen molar-refractivity contribution in [3.8, 4) is 6.07 Å². The molecule has 0 spiro atoms. The zero-order valence-electron chi connectivity index (χ0n) is 8.68. The lowest BCUT2D eigenvalue weighted by Crippen LogP contribution is -2.16. The van der Waals surface area contributed by atoms with Gasteiger partial charge < -0.3 is 10.1 Å². The maximum Gasteiger partial charge on any atom is 0.0635 e. The van der Waals surface area contributed by atoms with Gasteiger partial charge in [-0.1, -0.05) is 0 Å². The average molecular weight is 184 g/mol. The van der Waals surface area contributed by atoms with Crippen LogP contribution in [-0.4, -0.2) is 25.8 Å². The topological polar surface area (TPSA) is 45.0 Å². The predicted molar refractivity (Wildman–Crippen MR) is 53.4 cm³/mol. The van der Waals surface area contributed by atoms with Gasteiger partial charge in [0.25, 0.3) is 0 Å². The van der Waals surface area contributed by atoms with Crippen LogP contribution >= 0.6 is 0 Å². The fraction of sp³-hybridized carbons (Fsp3) is 0.900. The van der Waals surface area contributed by atoms with Crippen molar-refractivity contribution >= 4 is 0 Å². The molecule has 1 N–H and O–H groups in total. The summed E-state index contributed by atoms with van der Waals surface area (Å²) in [5.74, 6) is 0. The first-order valence-electron chi connectivity index (χ1n) is 4.96. The predicted octanol–water partition coefficient (Wildman–Crippen LogP) is 1.69. The Balaban J connectivity index is 2.88. The molecule has 3 heteroatoms. The summed E-state index contributed by atoms with van der Waals surface area (Å²) < 4.78 is 5.39. The molecule has 0 aromatic heterocycles. The smallest absolute Gasteiger partial charge is 0.0635 e. The molecule has 0 aliphatic heterocycles. The normalized spacial score (nSPS) is 10.3. The molecular weight excluding hydrogens is 164 g/mol. The Morgan fingerprint density at radius 3 is 2.69 bits per heavy atom. The molecule has 0 unspecified atom stereocenters. The van der Waals surface area contributed by atoms with Crippen molar-refractivity contribution < 1.29 is 4.74 Å². The van der Waals surface area contributed by atoms with Gasteiger partial charge in [0.1, 0.15) is 0 Å². The van der Waals surface area contributed by atoms with E-state index in [0.29, 0.717) is 12.5 Å². The van der Waals surface area contributed by atoms with Crippen molar-refractivity contribution in [2.24, 2.45) is 0 Å². The molecule has 0 bridgehead atoms. The van der Waals surface area contributed by atoms with E-state index in [1.54, 1.807) is 0 Å². The summed E-state index contributed by atoms with van der Waals surface area (Å²) in [7, 11) is 0. The molecule has 0 aliphatic carbocycles. The lowest BCUT2D eigenvalue weighted by atomic mass is 10.3. The van der Waals surface area contributed by atoms with E-state index in [9.17, 15) is 0 Å². The molecule has 0 amide bonds. The summed E-state index contributed by atoms with van der Waals surface area (Å²) in [6, 6.07) is 2.10. The second-order valence-electron chi connectivity index (χ2n) is 3.28. The summed E-state index contributed by atoms with van der Waals surface area (Å²) in [5, 5.41) is 11.5. The number of ether oxygens (including phenoxy) is 1. The second kappa shape index (κ2) is 9.50. The highest BCUT2D eigenvalue weighted by Crippen LogP contribution is 1.93. The van der Waals surface area contributed by atoms with Crippen molar-refractivity contribution in [1.82, 2.24) is 5.32 Å². The van der Waals surface area contributed by atoms with Gasteiger partial charge in [0.15, 0.2) is 0 Å². The van der Waals surface area contributed by atoms with E-state index < -0.39 is 0 Å². The van der Waals surface area contributed by atoms with E-state index in [0.717, 1.165) is 32.5 Å². The van der Waals surface area contributed by atoms with Crippen molar-refractivity contribution in [1.29, 1.82) is 5.26 Å². The molecule has 0 fully saturated rings. The van der Waals surface area contributed by atoms with E-state index >= 15 is 0 Å². The van der Waals surface area contributed by atoms with E-state index in [-0.39, 0.29) is 0 Å². The Morgan fingerprint density at radius 2 is 2.08 bits per heavy atom. The lowest BCUT2D eigenvalue weighted by molar-refractivity contribution is 0.0760. The summed E-state index contributed by atoms with van der Waals surface area (Å²) in [6.07, 6.45) is 3.16. The van der Waals surface area contributed by atoms with Crippen LogP contribution in [0.15, 0.2) is 0 Å². The van der Waals surface area contributed by atoms with Crippen LogP contribution in [-0.2, 0) is 4.74 Å². The van der Waals surface area contributed by atoms with Crippen molar-refractivity contribution in [3.05, 3.63) is 0 Å². The van der Waals surface area contributed by atoms with Gasteiger partial charge >= 0.3 is 0 Å². The first kappa shape index (κ1) is 12.4. The van der Waals surface area contributed by atoms with Gasteiger partial charge in [-0.05, 0) is 33.2 Å². The molecule has 76 valence electrons. The van der Waals surface area contributed by atoms with E-state index in [1.165, 1.54) is 0 Å². The molecule has 0 radical (unpaired) electrons. The number of hydrogen-bond donors (Lipinski definition) is 1. The second-order valence-corrected chi connectivity index (χ2v) is 3.28. The molecule has 0 saturated carbocycles. The fourth-order valence-corrected chi connectivity index (χ4v) is 0.940. The highest BCUT2D eigenvalue weighted by Gasteiger charge is 1.92. The van der Waals surface area contributed by atoms with Crippen LogP contribution in [0.4, 0.5) is 0 Å². The molecule has 0 aliphatic rings. The summed E-state index contributed by atoms with van der Waals surface area (Å²) in [6.45, 7) is 6.73. The Kier molecular flexibility index (Phi) is 9.07. The van der Waals surface area contributed by atoms with Crippen LogP contribution in [0.25, 0.3) is 0 Å². The minimum absolute atomic E-state index is 0.339. The van der Waals surface area contributed by atoms with Crippen LogP contribution < -0.4 is 5.32 Å². The molecule has 13 heavy (non-hydrogen) atoms. The SMILES string of the molecule is CC(C)OCCCCNCCC#N. The minimum Gasteiger partial charge on any atom is -0.379 e. The maximum absolute atomic E-state index is 8.26. The van der Waals surface area contributed by atoms with Crippen molar-refractivity contribution in [3.63, 3.8) is 0 Å². The molecule has 0 heterocycles. The van der Waals surface area contributed by atoms with Crippen LogP contribution in [0.1, 0.15) is 33.1 Å². The zero-order valence-corrected chi connectivity index (χ0v) is 8.68. The van der Waals surface area contributed by atoms with Crippen molar-refractivity contribution in [2.75, 3.05) is 19.7 Å². The zero-order chi connectivity index (χ0) is 9.94. The highest BCUT2D eigenvalue weighted by atomic mass is 16.5. The lowest BCUT2D eigenvalue weighted by Gasteiger charge is -2.06. The molecule has 0 atom stereocenters. The quantitative estimate of drug-likeness (QED) is 0.584. The van der Waals surface area contributed by atoms with Gasteiger partial charge in [-0.15, -0.1) is 0 Å². The standard InChI is InChI=1S/C10H20N2O/c1-10(2)13-9-4-3-7-12-8-5-6-11/h10,12H,3-5,7-9H2,1-2H3. The first-order chi connectivity index (χ1) is 6.27. The number of nitrogens with one attached hydrogen (secondary N) is 1. The molecule has 0 aromatic carbocycles. The molecular formula is C10H20N2O. The number of nitriles is 1. The van der Waals surface area contributed by atoms with Gasteiger partial charge in [0, 0.05) is 19.6 Å². The monoisotopic (exact) mass is 184 g/mol. The van der Waals surface area contributed by atoms with E-state index in [2.05, 4.69) is 11.4 Å². The third-order valence-corrected chi connectivity index (χ3v) is 1.61. The number of unbranched alkanes of at least 4 members (excludes halogenated alkanes) is 1. The van der Waals surface area contributed by atoms with Crippen LogP contribution in [0.5, 0.6) is 0 Å². The Morgan fingerprint density at radius 1 is 1.31 bits per heavy atom. The van der Waals surface area contributed by atoms with Crippen LogP contribution in [0, 0.1) is 11.3 Å². The maximum atomic E-state index is 8.26. The highest BCUT2D eigenvalue weighted by molar-refractivity contribution is 4.69. The largest absolute Gasteiger partial charge is 0.379 e. The number of nitrogens with zero attached hydrogens (tertiary/aromatic N) is 1. The van der Waals surface area contributed by atoms with Gasteiger partial charge in [0.05, 0.1) is 12.2 Å². The third-order valence-electron chi connectivity index (χ3n) is 1.61.